The van der Waals surface area contributed by atoms with Gasteiger partial charge in [-0.2, -0.15) is 0 Å². The van der Waals surface area contributed by atoms with Gasteiger partial charge in [-0.3, -0.25) is 14.4 Å². The van der Waals surface area contributed by atoms with Gasteiger partial charge in [0.05, 0.1) is 11.5 Å². The van der Waals surface area contributed by atoms with Gasteiger partial charge in [0.25, 0.3) is 0 Å². The number of nitrogens with one attached hydrogen (secondary N) is 1. The molecule has 1 saturated carbocycles. The molecular weight excluding hydrogens is 330 g/mol. The highest BCUT2D eigenvalue weighted by atomic mass is 16.4. The molecule has 1 fully saturated rings. The molecule has 1 aromatic carbocycles. The molecule has 2 aliphatic rings. The number of carboxylic acid groups (broad SMARTS) is 1. The molecule has 0 aromatic heterocycles. The fourth-order valence-corrected chi connectivity index (χ4v) is 4.38. The first kappa shape index (κ1) is 18.6. The van der Waals surface area contributed by atoms with Crippen molar-refractivity contribution in [1.82, 2.24) is 5.32 Å². The lowest BCUT2D eigenvalue weighted by Gasteiger charge is -2.39. The number of hydrogen-bond acceptors (Lipinski definition) is 3. The van der Waals surface area contributed by atoms with Crippen LogP contribution in [0.1, 0.15) is 73.4 Å². The van der Waals surface area contributed by atoms with Crippen LogP contribution in [0, 0.1) is 5.92 Å². The summed E-state index contributed by atoms with van der Waals surface area (Å²) in [4.78, 5) is 36.3. The summed E-state index contributed by atoms with van der Waals surface area (Å²) in [5, 5.41) is 12.3. The first-order chi connectivity index (χ1) is 12.4. The molecule has 5 heteroatoms. The topological polar surface area (TPSA) is 83.5 Å². The maximum absolute atomic E-state index is 12.4. The molecule has 0 bridgehead atoms. The maximum atomic E-state index is 12.4. The Hall–Kier alpha value is -2.17. The Balaban J connectivity index is 1.56. The Bertz CT molecular complexity index is 727. The number of carboxylic acids is 1. The number of fused-ring (bicyclic) bond motifs is 1. The number of aliphatic carboxylic acids is 1. The van der Waals surface area contributed by atoms with Gasteiger partial charge in [-0.15, -0.1) is 0 Å². The molecule has 0 radical (unpaired) electrons. The first-order valence-electron chi connectivity index (χ1n) is 9.58. The van der Waals surface area contributed by atoms with Crippen LogP contribution in [-0.4, -0.2) is 28.3 Å². The number of rotatable bonds is 6. The van der Waals surface area contributed by atoms with E-state index in [9.17, 15) is 19.5 Å². The van der Waals surface area contributed by atoms with Crippen LogP contribution in [0.4, 0.5) is 0 Å². The lowest BCUT2D eigenvalue weighted by atomic mass is 9.74. The van der Waals surface area contributed by atoms with Crippen LogP contribution < -0.4 is 5.32 Å². The summed E-state index contributed by atoms with van der Waals surface area (Å²) in [5.74, 6) is -1.69. The molecule has 3 rings (SSSR count). The zero-order valence-electron chi connectivity index (χ0n) is 15.3. The number of amides is 1. The van der Waals surface area contributed by atoms with Crippen molar-refractivity contribution < 1.29 is 19.5 Å². The highest BCUT2D eigenvalue weighted by molar-refractivity contribution is 5.98. The molecule has 0 spiro atoms. The summed E-state index contributed by atoms with van der Waals surface area (Å²) in [6, 6.07) is 5.84. The molecule has 1 amide bonds. The summed E-state index contributed by atoms with van der Waals surface area (Å²) < 4.78 is 0. The highest BCUT2D eigenvalue weighted by Gasteiger charge is 2.42. The van der Waals surface area contributed by atoms with Crippen molar-refractivity contribution in [1.29, 1.82) is 0 Å². The fourth-order valence-electron chi connectivity index (χ4n) is 4.38. The molecule has 0 saturated heterocycles. The number of carbonyl (C=O) groups excluding carboxylic acids is 2. The Kier molecular flexibility index (Phi) is 5.44. The SMILES string of the molecule is CC1(NC(=O)CCC(=O)c2ccc3c(c2)CCC3)CCCCC1C(=O)O. The van der Waals surface area contributed by atoms with Crippen LogP contribution in [-0.2, 0) is 22.4 Å². The molecule has 2 aliphatic carbocycles. The van der Waals surface area contributed by atoms with Gasteiger partial charge in [0.2, 0.25) is 5.91 Å². The zero-order valence-corrected chi connectivity index (χ0v) is 15.3. The van der Waals surface area contributed by atoms with Gasteiger partial charge in [-0.1, -0.05) is 25.0 Å². The molecule has 0 aliphatic heterocycles. The summed E-state index contributed by atoms with van der Waals surface area (Å²) >= 11 is 0. The molecule has 2 atom stereocenters. The van der Waals surface area contributed by atoms with Gasteiger partial charge in [0, 0.05) is 18.4 Å². The lowest BCUT2D eigenvalue weighted by Crippen LogP contribution is -2.55. The second kappa shape index (κ2) is 7.60. The fraction of sp³-hybridized carbons (Fsp3) is 0.571. The van der Waals surface area contributed by atoms with Gasteiger partial charge in [0.15, 0.2) is 5.78 Å². The van der Waals surface area contributed by atoms with Crippen LogP contribution in [0.15, 0.2) is 18.2 Å². The first-order valence-corrected chi connectivity index (χ1v) is 9.58. The molecule has 140 valence electrons. The van der Waals surface area contributed by atoms with Crippen molar-refractivity contribution in [2.75, 3.05) is 0 Å². The zero-order chi connectivity index (χ0) is 18.7. The van der Waals surface area contributed by atoms with Crippen molar-refractivity contribution in [3.05, 3.63) is 34.9 Å². The van der Waals surface area contributed by atoms with Crippen molar-refractivity contribution >= 4 is 17.7 Å². The predicted molar refractivity (Wildman–Crippen MR) is 98.2 cm³/mol. The van der Waals surface area contributed by atoms with Gasteiger partial charge >= 0.3 is 5.97 Å². The summed E-state index contributed by atoms with van der Waals surface area (Å²) in [6.45, 7) is 1.81. The van der Waals surface area contributed by atoms with Gasteiger partial charge in [-0.25, -0.2) is 0 Å². The maximum Gasteiger partial charge on any atom is 0.308 e. The summed E-state index contributed by atoms with van der Waals surface area (Å²) in [5.41, 5.74) is 2.52. The molecular formula is C21H27NO4. The molecule has 2 N–H and O–H groups in total. The van der Waals surface area contributed by atoms with E-state index in [1.165, 1.54) is 11.1 Å². The number of hydrogen-bond donors (Lipinski definition) is 2. The molecule has 0 heterocycles. The average molecular weight is 357 g/mol. The second-order valence-electron chi connectivity index (χ2n) is 7.86. The van der Waals surface area contributed by atoms with E-state index in [0.717, 1.165) is 32.1 Å². The van der Waals surface area contributed by atoms with Crippen molar-refractivity contribution in [3.8, 4) is 0 Å². The predicted octanol–water partition coefficient (Wildman–Crippen LogP) is 3.29. The van der Waals surface area contributed by atoms with Crippen LogP contribution in [0.2, 0.25) is 0 Å². The Morgan fingerprint density at radius 2 is 1.88 bits per heavy atom. The van der Waals surface area contributed by atoms with E-state index < -0.39 is 17.4 Å². The highest BCUT2D eigenvalue weighted by Crippen LogP contribution is 2.34. The molecule has 5 nitrogen and oxygen atoms in total. The van der Waals surface area contributed by atoms with Gasteiger partial charge in [0.1, 0.15) is 0 Å². The standard InChI is InChI=1S/C21H27NO4/c1-21(12-3-2-7-17(21)20(25)26)22-19(24)11-10-18(23)16-9-8-14-5-4-6-15(14)13-16/h8-9,13,17H,2-7,10-12H2,1H3,(H,22,24)(H,25,26). The number of carbonyl (C=O) groups is 3. The molecule has 26 heavy (non-hydrogen) atoms. The average Bonchev–Trinajstić information content (AvgIpc) is 3.07. The normalized spacial score (nSPS) is 24.7. The third kappa shape index (κ3) is 3.97. The van der Waals surface area contributed by atoms with Crippen LogP contribution in [0.5, 0.6) is 0 Å². The van der Waals surface area contributed by atoms with E-state index in [2.05, 4.69) is 5.32 Å². The summed E-state index contributed by atoms with van der Waals surface area (Å²) in [6.07, 6.45) is 6.51. The Morgan fingerprint density at radius 3 is 2.65 bits per heavy atom. The number of ketones is 1. The van der Waals surface area contributed by atoms with E-state index in [1.807, 2.05) is 25.1 Å². The number of benzene rings is 1. The molecule has 2 unspecified atom stereocenters. The summed E-state index contributed by atoms with van der Waals surface area (Å²) in [7, 11) is 0. The smallest absolute Gasteiger partial charge is 0.308 e. The van der Waals surface area contributed by atoms with E-state index in [4.69, 9.17) is 0 Å². The van der Waals surface area contributed by atoms with E-state index >= 15 is 0 Å². The monoisotopic (exact) mass is 357 g/mol. The van der Waals surface area contributed by atoms with E-state index in [1.54, 1.807) is 0 Å². The number of aryl methyl sites for hydroxylation is 2. The lowest BCUT2D eigenvalue weighted by molar-refractivity contribution is -0.146. The second-order valence-corrected chi connectivity index (χ2v) is 7.86. The van der Waals surface area contributed by atoms with E-state index in [0.29, 0.717) is 18.4 Å². The van der Waals surface area contributed by atoms with E-state index in [-0.39, 0.29) is 24.5 Å². The Labute approximate surface area is 154 Å². The van der Waals surface area contributed by atoms with Crippen LogP contribution in [0.25, 0.3) is 0 Å². The van der Waals surface area contributed by atoms with Gasteiger partial charge < -0.3 is 10.4 Å². The Morgan fingerprint density at radius 1 is 1.12 bits per heavy atom. The number of Topliss-reactive ketones (excluding diaryl/α,β-unsaturated/α-hetero) is 1. The third-order valence-electron chi connectivity index (χ3n) is 5.93. The minimum absolute atomic E-state index is 0.0292. The minimum atomic E-state index is -0.860. The third-order valence-corrected chi connectivity index (χ3v) is 5.93. The largest absolute Gasteiger partial charge is 0.481 e. The van der Waals surface area contributed by atoms with Crippen LogP contribution in [0.3, 0.4) is 0 Å². The minimum Gasteiger partial charge on any atom is -0.481 e. The van der Waals surface area contributed by atoms with Crippen molar-refractivity contribution in [2.24, 2.45) is 5.92 Å². The quantitative estimate of drug-likeness (QED) is 0.765. The van der Waals surface area contributed by atoms with Gasteiger partial charge in [-0.05, 0) is 56.2 Å². The molecule has 1 aromatic rings. The van der Waals surface area contributed by atoms with Crippen molar-refractivity contribution in [3.63, 3.8) is 0 Å². The van der Waals surface area contributed by atoms with Crippen LogP contribution >= 0.6 is 0 Å². The van der Waals surface area contributed by atoms with Crippen molar-refractivity contribution in [2.45, 2.75) is 70.3 Å².